The Kier molecular flexibility index (Phi) is 4.17. The van der Waals surface area contributed by atoms with E-state index in [4.69, 9.17) is 4.42 Å². The third kappa shape index (κ3) is 3.41. The lowest BCUT2D eigenvalue weighted by Gasteiger charge is -2.14. The van der Waals surface area contributed by atoms with Crippen molar-refractivity contribution in [2.45, 2.75) is 6.54 Å². The average Bonchev–Trinajstić information content (AvgIpc) is 2.98. The molecule has 0 aliphatic heterocycles. The molecule has 0 fully saturated rings. The van der Waals surface area contributed by atoms with Gasteiger partial charge in [-0.1, -0.05) is 54.6 Å². The maximum atomic E-state index is 5.45. The van der Waals surface area contributed by atoms with E-state index in [1.165, 1.54) is 16.5 Å². The van der Waals surface area contributed by atoms with Gasteiger partial charge in [-0.3, -0.25) is 4.90 Å². The summed E-state index contributed by atoms with van der Waals surface area (Å²) < 4.78 is 5.45. The largest absolute Gasteiger partial charge is 0.464 e. The summed E-state index contributed by atoms with van der Waals surface area (Å²) in [6.07, 6.45) is 6.11. The van der Waals surface area contributed by atoms with Gasteiger partial charge in [0.05, 0.1) is 6.26 Å². The van der Waals surface area contributed by atoms with Gasteiger partial charge in [0.1, 0.15) is 5.58 Å². The molecule has 0 unspecified atom stereocenters. The van der Waals surface area contributed by atoms with Crippen molar-refractivity contribution in [3.8, 4) is 0 Å². The molecule has 0 bridgehead atoms. The lowest BCUT2D eigenvalue weighted by atomic mass is 10.1. The first kappa shape index (κ1) is 13.7. The molecule has 0 saturated carbocycles. The van der Waals surface area contributed by atoms with Gasteiger partial charge < -0.3 is 4.42 Å². The van der Waals surface area contributed by atoms with Crippen LogP contribution in [0.15, 0.2) is 71.4 Å². The molecular weight excluding hydrogens is 258 g/mol. The molecule has 0 amide bonds. The summed E-state index contributed by atoms with van der Waals surface area (Å²) in [5, 5.41) is 1.20. The highest BCUT2D eigenvalue weighted by molar-refractivity contribution is 5.80. The molecule has 3 rings (SSSR count). The fourth-order valence-corrected chi connectivity index (χ4v) is 2.48. The van der Waals surface area contributed by atoms with Gasteiger partial charge in [-0.25, -0.2) is 0 Å². The SMILES string of the molecule is CN(C/C=C/c1ccccc1)Cc1cccc2occc12. The van der Waals surface area contributed by atoms with Gasteiger partial charge in [0.2, 0.25) is 0 Å². The summed E-state index contributed by atoms with van der Waals surface area (Å²) in [7, 11) is 2.13. The predicted molar refractivity (Wildman–Crippen MR) is 88.0 cm³/mol. The third-order valence-corrected chi connectivity index (χ3v) is 3.55. The number of hydrogen-bond donors (Lipinski definition) is 0. The van der Waals surface area contributed by atoms with Gasteiger partial charge in [-0.2, -0.15) is 0 Å². The zero-order valence-electron chi connectivity index (χ0n) is 12.2. The Bertz CT molecular complexity index is 727. The lowest BCUT2D eigenvalue weighted by molar-refractivity contribution is 0.365. The van der Waals surface area contributed by atoms with Crippen LogP contribution in [0, 0.1) is 0 Å². The molecule has 2 aromatic carbocycles. The third-order valence-electron chi connectivity index (χ3n) is 3.55. The molecule has 0 aliphatic rings. The number of benzene rings is 2. The van der Waals surface area contributed by atoms with E-state index in [2.05, 4.69) is 60.5 Å². The van der Waals surface area contributed by atoms with Crippen molar-refractivity contribution in [3.05, 3.63) is 78.1 Å². The lowest BCUT2D eigenvalue weighted by Crippen LogP contribution is -2.17. The number of fused-ring (bicyclic) bond motifs is 1. The van der Waals surface area contributed by atoms with Crippen LogP contribution in [-0.2, 0) is 6.54 Å². The van der Waals surface area contributed by atoms with E-state index in [1.54, 1.807) is 6.26 Å². The number of rotatable bonds is 5. The minimum absolute atomic E-state index is 0.913. The van der Waals surface area contributed by atoms with Crippen LogP contribution in [0.5, 0.6) is 0 Å². The second kappa shape index (κ2) is 6.42. The summed E-state index contributed by atoms with van der Waals surface area (Å²) >= 11 is 0. The second-order valence-electron chi connectivity index (χ2n) is 5.26. The normalized spacial score (nSPS) is 11.7. The average molecular weight is 277 g/mol. The molecule has 0 aliphatic carbocycles. The van der Waals surface area contributed by atoms with Crippen molar-refractivity contribution in [1.82, 2.24) is 4.90 Å². The molecule has 0 spiro atoms. The predicted octanol–water partition coefficient (Wildman–Crippen LogP) is 4.58. The zero-order chi connectivity index (χ0) is 14.5. The van der Waals surface area contributed by atoms with Crippen LogP contribution < -0.4 is 0 Å². The fourth-order valence-electron chi connectivity index (χ4n) is 2.48. The van der Waals surface area contributed by atoms with E-state index in [-0.39, 0.29) is 0 Å². The Morgan fingerprint density at radius 1 is 1.00 bits per heavy atom. The zero-order valence-corrected chi connectivity index (χ0v) is 12.2. The van der Waals surface area contributed by atoms with Crippen LogP contribution in [0.3, 0.4) is 0 Å². The Morgan fingerprint density at radius 2 is 1.86 bits per heavy atom. The van der Waals surface area contributed by atoms with E-state index >= 15 is 0 Å². The number of likely N-dealkylation sites (N-methyl/N-ethyl adjacent to an activating group) is 1. The Balaban J connectivity index is 1.63. The first-order chi connectivity index (χ1) is 10.3. The fraction of sp³-hybridized carbons (Fsp3) is 0.158. The minimum Gasteiger partial charge on any atom is -0.464 e. The first-order valence-corrected chi connectivity index (χ1v) is 7.18. The maximum Gasteiger partial charge on any atom is 0.134 e. The van der Waals surface area contributed by atoms with Gasteiger partial charge in [0.25, 0.3) is 0 Å². The van der Waals surface area contributed by atoms with Gasteiger partial charge in [-0.05, 0) is 30.3 Å². The molecule has 1 aromatic heterocycles. The highest BCUT2D eigenvalue weighted by Crippen LogP contribution is 2.20. The van der Waals surface area contributed by atoms with Gasteiger partial charge in [-0.15, -0.1) is 0 Å². The van der Waals surface area contributed by atoms with Gasteiger partial charge in [0.15, 0.2) is 0 Å². The Hall–Kier alpha value is -2.32. The molecule has 106 valence electrons. The maximum absolute atomic E-state index is 5.45. The van der Waals surface area contributed by atoms with Gasteiger partial charge >= 0.3 is 0 Å². The van der Waals surface area contributed by atoms with E-state index in [0.717, 1.165) is 18.7 Å². The number of nitrogens with zero attached hydrogens (tertiary/aromatic N) is 1. The topological polar surface area (TPSA) is 16.4 Å². The molecule has 0 N–H and O–H groups in total. The molecule has 0 radical (unpaired) electrons. The summed E-state index contributed by atoms with van der Waals surface area (Å²) in [5.41, 5.74) is 3.50. The second-order valence-corrected chi connectivity index (χ2v) is 5.26. The summed E-state index contributed by atoms with van der Waals surface area (Å²) in [5.74, 6) is 0. The molecule has 3 aromatic rings. The smallest absolute Gasteiger partial charge is 0.134 e. The quantitative estimate of drug-likeness (QED) is 0.679. The standard InChI is InChI=1S/C19H19NO/c1-20(13-6-9-16-7-3-2-4-8-16)15-17-10-5-11-19-18(17)12-14-21-19/h2-12,14H,13,15H2,1H3/b9-6+. The molecule has 1 heterocycles. The highest BCUT2D eigenvalue weighted by atomic mass is 16.3. The van der Waals surface area contributed by atoms with Crippen LogP contribution in [-0.4, -0.2) is 18.5 Å². The molecule has 21 heavy (non-hydrogen) atoms. The van der Waals surface area contributed by atoms with Crippen molar-refractivity contribution in [2.75, 3.05) is 13.6 Å². The number of hydrogen-bond acceptors (Lipinski definition) is 2. The van der Waals surface area contributed by atoms with E-state index in [1.807, 2.05) is 18.2 Å². The molecule has 0 atom stereocenters. The van der Waals surface area contributed by atoms with Crippen LogP contribution in [0.2, 0.25) is 0 Å². The van der Waals surface area contributed by atoms with Crippen LogP contribution >= 0.6 is 0 Å². The van der Waals surface area contributed by atoms with Crippen LogP contribution in [0.1, 0.15) is 11.1 Å². The Morgan fingerprint density at radius 3 is 2.71 bits per heavy atom. The van der Waals surface area contributed by atoms with Crippen molar-refractivity contribution < 1.29 is 4.42 Å². The minimum atomic E-state index is 0.913. The van der Waals surface area contributed by atoms with Crippen molar-refractivity contribution in [3.63, 3.8) is 0 Å². The van der Waals surface area contributed by atoms with Crippen molar-refractivity contribution in [2.24, 2.45) is 0 Å². The summed E-state index contributed by atoms with van der Waals surface area (Å²) in [6, 6.07) is 18.6. The summed E-state index contributed by atoms with van der Waals surface area (Å²) in [4.78, 5) is 2.29. The Labute approximate surface area is 125 Å². The van der Waals surface area contributed by atoms with E-state index in [0.29, 0.717) is 0 Å². The van der Waals surface area contributed by atoms with E-state index < -0.39 is 0 Å². The van der Waals surface area contributed by atoms with Crippen LogP contribution in [0.25, 0.3) is 17.0 Å². The monoisotopic (exact) mass is 277 g/mol. The first-order valence-electron chi connectivity index (χ1n) is 7.18. The summed E-state index contributed by atoms with van der Waals surface area (Å²) in [6.45, 7) is 1.83. The van der Waals surface area contributed by atoms with Crippen LogP contribution in [0.4, 0.5) is 0 Å². The molecular formula is C19H19NO. The van der Waals surface area contributed by atoms with Crippen molar-refractivity contribution in [1.29, 1.82) is 0 Å². The molecule has 2 heteroatoms. The molecule has 2 nitrogen and oxygen atoms in total. The highest BCUT2D eigenvalue weighted by Gasteiger charge is 2.05. The molecule has 0 saturated heterocycles. The van der Waals surface area contributed by atoms with Crippen molar-refractivity contribution >= 4 is 17.0 Å². The number of furan rings is 1. The van der Waals surface area contributed by atoms with Gasteiger partial charge in [0, 0.05) is 18.5 Å². The van der Waals surface area contributed by atoms with E-state index in [9.17, 15) is 0 Å².